The van der Waals surface area contributed by atoms with Crippen LogP contribution >= 0.6 is 0 Å². The van der Waals surface area contributed by atoms with Crippen molar-refractivity contribution in [2.24, 2.45) is 0 Å². The fraction of sp³-hybridized carbons (Fsp3) is 0.158. The van der Waals surface area contributed by atoms with E-state index >= 15 is 0 Å². The van der Waals surface area contributed by atoms with Crippen LogP contribution in [0.1, 0.15) is 34.6 Å². The Labute approximate surface area is 150 Å². The van der Waals surface area contributed by atoms with Crippen molar-refractivity contribution in [2.75, 3.05) is 7.11 Å². The molecule has 0 saturated heterocycles. The minimum Gasteiger partial charge on any atom is -0.497 e. The number of rotatable bonds is 5. The second-order valence-corrected chi connectivity index (χ2v) is 5.66. The number of pyridine rings is 1. The van der Waals surface area contributed by atoms with E-state index in [-0.39, 0.29) is 17.6 Å². The van der Waals surface area contributed by atoms with E-state index in [1.54, 1.807) is 24.1 Å². The summed E-state index contributed by atoms with van der Waals surface area (Å²) in [5.41, 5.74) is 2.40. The van der Waals surface area contributed by atoms with Crippen LogP contribution in [0, 0.1) is 11.3 Å². The molecule has 0 bridgehead atoms. The van der Waals surface area contributed by atoms with Gasteiger partial charge in [-0.15, -0.1) is 0 Å². The molecule has 2 heterocycles. The van der Waals surface area contributed by atoms with Gasteiger partial charge in [-0.2, -0.15) is 10.4 Å². The van der Waals surface area contributed by atoms with Crippen molar-refractivity contribution in [3.63, 3.8) is 0 Å². The van der Waals surface area contributed by atoms with Crippen molar-refractivity contribution in [3.8, 4) is 17.5 Å². The van der Waals surface area contributed by atoms with Gasteiger partial charge in [-0.1, -0.05) is 6.07 Å². The summed E-state index contributed by atoms with van der Waals surface area (Å²) < 4.78 is 6.95. The van der Waals surface area contributed by atoms with E-state index in [4.69, 9.17) is 10.00 Å². The molecule has 1 N–H and O–H groups in total. The molecular formula is C19H17N5O2. The number of ether oxygens (including phenoxy) is 1. The molecule has 3 rings (SSSR count). The van der Waals surface area contributed by atoms with Crippen molar-refractivity contribution in [1.82, 2.24) is 20.1 Å². The van der Waals surface area contributed by atoms with Crippen LogP contribution in [0.15, 0.2) is 55.0 Å². The topological polar surface area (TPSA) is 92.8 Å². The average Bonchev–Trinajstić information content (AvgIpc) is 3.18. The van der Waals surface area contributed by atoms with E-state index < -0.39 is 0 Å². The number of nitrogens with one attached hydrogen (secondary N) is 1. The minimum absolute atomic E-state index is 0.238. The van der Waals surface area contributed by atoms with E-state index in [1.807, 2.05) is 43.5 Å². The second kappa shape index (κ2) is 7.49. The van der Waals surface area contributed by atoms with E-state index in [0.29, 0.717) is 5.56 Å². The van der Waals surface area contributed by atoms with Gasteiger partial charge >= 0.3 is 0 Å². The van der Waals surface area contributed by atoms with Crippen LogP contribution in [0.5, 0.6) is 5.75 Å². The number of hydrogen-bond acceptors (Lipinski definition) is 5. The standard InChI is InChI=1S/C19H17N5O2/c1-13(23-19(25)14-6-7-16(9-20)21-10-14)15-11-22-24(12-15)17-4-3-5-18(8-17)26-2/h3-8,10-13H,1-2H3,(H,23,25). The van der Waals surface area contributed by atoms with Crippen molar-refractivity contribution in [2.45, 2.75) is 13.0 Å². The van der Waals surface area contributed by atoms with Crippen molar-refractivity contribution >= 4 is 5.91 Å². The van der Waals surface area contributed by atoms with E-state index in [1.165, 1.54) is 12.3 Å². The maximum Gasteiger partial charge on any atom is 0.253 e. The molecule has 1 aromatic carbocycles. The van der Waals surface area contributed by atoms with Gasteiger partial charge in [0.1, 0.15) is 17.5 Å². The highest BCUT2D eigenvalue weighted by Crippen LogP contribution is 2.18. The molecule has 1 amide bonds. The lowest BCUT2D eigenvalue weighted by Crippen LogP contribution is -2.26. The quantitative estimate of drug-likeness (QED) is 0.766. The molecule has 26 heavy (non-hydrogen) atoms. The molecule has 3 aromatic rings. The van der Waals surface area contributed by atoms with Gasteiger partial charge in [0.2, 0.25) is 0 Å². The molecule has 0 saturated carbocycles. The number of nitrogens with zero attached hydrogens (tertiary/aromatic N) is 4. The van der Waals surface area contributed by atoms with Crippen LogP contribution < -0.4 is 10.1 Å². The van der Waals surface area contributed by atoms with Gasteiger partial charge < -0.3 is 10.1 Å². The van der Waals surface area contributed by atoms with Crippen molar-refractivity contribution in [3.05, 3.63) is 71.8 Å². The summed E-state index contributed by atoms with van der Waals surface area (Å²) in [7, 11) is 1.61. The van der Waals surface area contributed by atoms with Crippen molar-refractivity contribution in [1.29, 1.82) is 5.26 Å². The monoisotopic (exact) mass is 347 g/mol. The molecule has 0 spiro atoms. The van der Waals surface area contributed by atoms with Crippen LogP contribution in [0.25, 0.3) is 5.69 Å². The highest BCUT2D eigenvalue weighted by Gasteiger charge is 2.14. The SMILES string of the molecule is COc1cccc(-n2cc(C(C)NC(=O)c3ccc(C#N)nc3)cn2)c1. The van der Waals surface area contributed by atoms with Crippen LogP contribution in [0.2, 0.25) is 0 Å². The molecule has 0 fully saturated rings. The van der Waals surface area contributed by atoms with Gasteiger partial charge in [-0.25, -0.2) is 9.67 Å². The zero-order chi connectivity index (χ0) is 18.5. The summed E-state index contributed by atoms with van der Waals surface area (Å²) in [5, 5.41) is 16.0. The van der Waals surface area contributed by atoms with Crippen molar-refractivity contribution < 1.29 is 9.53 Å². The van der Waals surface area contributed by atoms with Gasteiger partial charge in [0.15, 0.2) is 0 Å². The second-order valence-electron chi connectivity index (χ2n) is 5.66. The number of nitriles is 1. The number of methoxy groups -OCH3 is 1. The highest BCUT2D eigenvalue weighted by atomic mass is 16.5. The number of amides is 1. The lowest BCUT2D eigenvalue weighted by molar-refractivity contribution is 0.0939. The van der Waals surface area contributed by atoms with Gasteiger partial charge in [-0.3, -0.25) is 4.79 Å². The Kier molecular flexibility index (Phi) is 4.94. The predicted octanol–water partition coefficient (Wildman–Crippen LogP) is 2.64. The lowest BCUT2D eigenvalue weighted by atomic mass is 10.1. The first kappa shape index (κ1) is 17.2. The van der Waals surface area contributed by atoms with Gasteiger partial charge in [0.05, 0.1) is 30.6 Å². The first-order valence-corrected chi connectivity index (χ1v) is 7.96. The average molecular weight is 347 g/mol. The van der Waals surface area contributed by atoms with Gasteiger partial charge in [-0.05, 0) is 31.2 Å². The number of carbonyl (C=O) groups is 1. The first-order chi connectivity index (χ1) is 12.6. The third-order valence-electron chi connectivity index (χ3n) is 3.91. The summed E-state index contributed by atoms with van der Waals surface area (Å²) in [5.74, 6) is 0.484. The predicted molar refractivity (Wildman–Crippen MR) is 94.9 cm³/mol. The highest BCUT2D eigenvalue weighted by molar-refractivity contribution is 5.94. The Hall–Kier alpha value is -3.66. The fourth-order valence-corrected chi connectivity index (χ4v) is 2.41. The van der Waals surface area contributed by atoms with E-state index in [9.17, 15) is 4.79 Å². The largest absolute Gasteiger partial charge is 0.497 e. The molecular weight excluding hydrogens is 330 g/mol. The Morgan fingerprint density at radius 2 is 2.15 bits per heavy atom. The molecule has 7 nitrogen and oxygen atoms in total. The van der Waals surface area contributed by atoms with Gasteiger partial charge in [0.25, 0.3) is 5.91 Å². The fourth-order valence-electron chi connectivity index (χ4n) is 2.41. The maximum absolute atomic E-state index is 12.3. The molecule has 7 heteroatoms. The minimum atomic E-state index is -0.261. The maximum atomic E-state index is 12.3. The molecule has 0 aliphatic carbocycles. The molecule has 130 valence electrons. The molecule has 1 unspecified atom stereocenters. The number of aromatic nitrogens is 3. The number of carbonyl (C=O) groups excluding carboxylic acids is 1. The first-order valence-electron chi connectivity index (χ1n) is 7.96. The molecule has 0 radical (unpaired) electrons. The lowest BCUT2D eigenvalue weighted by Gasteiger charge is -2.12. The zero-order valence-corrected chi connectivity index (χ0v) is 14.4. The summed E-state index contributed by atoms with van der Waals surface area (Å²) in [6, 6.07) is 12.3. The zero-order valence-electron chi connectivity index (χ0n) is 14.4. The van der Waals surface area contributed by atoms with Crippen LogP contribution in [-0.2, 0) is 0 Å². The molecule has 2 aromatic heterocycles. The summed E-state index contributed by atoms with van der Waals surface area (Å²) in [6.45, 7) is 1.88. The summed E-state index contributed by atoms with van der Waals surface area (Å²) in [4.78, 5) is 16.2. The van der Waals surface area contributed by atoms with Crippen LogP contribution in [0.3, 0.4) is 0 Å². The third kappa shape index (κ3) is 3.70. The number of hydrogen-bond donors (Lipinski definition) is 1. The van der Waals surface area contributed by atoms with Crippen LogP contribution in [-0.4, -0.2) is 27.8 Å². The van der Waals surface area contributed by atoms with Gasteiger partial charge in [0, 0.05) is 24.0 Å². The number of benzene rings is 1. The summed E-state index contributed by atoms with van der Waals surface area (Å²) in [6.07, 6.45) is 4.96. The normalized spacial score (nSPS) is 11.4. The van der Waals surface area contributed by atoms with E-state index in [2.05, 4.69) is 15.4 Å². The Bertz CT molecular complexity index is 957. The molecule has 0 aliphatic rings. The Morgan fingerprint density at radius 1 is 1.31 bits per heavy atom. The third-order valence-corrected chi connectivity index (χ3v) is 3.91. The Morgan fingerprint density at radius 3 is 2.85 bits per heavy atom. The van der Waals surface area contributed by atoms with Crippen LogP contribution in [0.4, 0.5) is 0 Å². The Balaban J connectivity index is 1.72. The molecule has 1 atom stereocenters. The summed E-state index contributed by atoms with van der Waals surface area (Å²) >= 11 is 0. The molecule has 0 aliphatic heterocycles. The van der Waals surface area contributed by atoms with E-state index in [0.717, 1.165) is 17.0 Å². The smallest absolute Gasteiger partial charge is 0.253 e.